The van der Waals surface area contributed by atoms with E-state index in [9.17, 15) is 4.79 Å². The number of aromatic amines is 1. The van der Waals surface area contributed by atoms with E-state index in [0.29, 0.717) is 13.1 Å². The smallest absolute Gasteiger partial charge is 0.252 e. The molecular weight excluding hydrogens is 424 g/mol. The van der Waals surface area contributed by atoms with Crippen LogP contribution in [-0.4, -0.2) is 30.1 Å². The van der Waals surface area contributed by atoms with Crippen LogP contribution in [0.5, 0.6) is 0 Å². The lowest BCUT2D eigenvalue weighted by atomic mass is 10.0. The van der Waals surface area contributed by atoms with Crippen LogP contribution in [-0.2, 0) is 18.6 Å². The van der Waals surface area contributed by atoms with E-state index in [1.807, 2.05) is 41.9 Å². The zero-order valence-electron chi connectivity index (χ0n) is 21.0. The Balaban J connectivity index is 1.79. The van der Waals surface area contributed by atoms with Crippen molar-refractivity contribution < 1.29 is 0 Å². The van der Waals surface area contributed by atoms with Crippen molar-refractivity contribution in [3.8, 4) is 0 Å². The van der Waals surface area contributed by atoms with Crippen LogP contribution in [0.3, 0.4) is 0 Å². The lowest BCUT2D eigenvalue weighted by Gasteiger charge is -2.32. The lowest BCUT2D eigenvalue weighted by molar-refractivity contribution is 0.153. The standard InChI is InChI=1S/C27H34N6O/c1-7-24(25-29-30-31-33(25)27(4,5)6)32(16-20-11-9-8-10-12-20)17-21-15-22-19(3)13-18(2)14-23(22)28-26(21)34/h8-15,24H,7,16-17H2,1-6H3,(H,28,34). The third-order valence-corrected chi connectivity index (χ3v) is 6.25. The molecule has 1 N–H and O–H groups in total. The topological polar surface area (TPSA) is 79.7 Å². The lowest BCUT2D eigenvalue weighted by Crippen LogP contribution is -2.35. The van der Waals surface area contributed by atoms with Crippen LogP contribution in [0.15, 0.2) is 53.3 Å². The van der Waals surface area contributed by atoms with Crippen LogP contribution < -0.4 is 5.56 Å². The summed E-state index contributed by atoms with van der Waals surface area (Å²) in [6.45, 7) is 13.7. The number of fused-ring (bicyclic) bond motifs is 1. The average Bonchev–Trinajstić information content (AvgIpc) is 3.26. The highest BCUT2D eigenvalue weighted by atomic mass is 16.1. The zero-order chi connectivity index (χ0) is 24.5. The molecule has 1 atom stereocenters. The van der Waals surface area contributed by atoms with E-state index in [4.69, 9.17) is 0 Å². The maximum absolute atomic E-state index is 13.1. The highest BCUT2D eigenvalue weighted by Crippen LogP contribution is 2.29. The SMILES string of the molecule is CCC(c1nnnn1C(C)(C)C)N(Cc1ccccc1)Cc1cc2c(C)cc(C)cc2[nH]c1=O. The van der Waals surface area contributed by atoms with Crippen molar-refractivity contribution in [3.05, 3.63) is 87.0 Å². The number of H-pyrrole nitrogens is 1. The molecule has 0 radical (unpaired) electrons. The highest BCUT2D eigenvalue weighted by Gasteiger charge is 2.29. The fourth-order valence-electron chi connectivity index (χ4n) is 4.63. The molecule has 0 saturated carbocycles. The van der Waals surface area contributed by atoms with Crippen molar-refractivity contribution in [3.63, 3.8) is 0 Å². The van der Waals surface area contributed by atoms with Gasteiger partial charge >= 0.3 is 0 Å². The van der Waals surface area contributed by atoms with Crippen molar-refractivity contribution in [2.45, 2.75) is 72.6 Å². The monoisotopic (exact) mass is 458 g/mol. The van der Waals surface area contributed by atoms with Gasteiger partial charge in [0.2, 0.25) is 0 Å². The first-order valence-electron chi connectivity index (χ1n) is 11.9. The summed E-state index contributed by atoms with van der Waals surface area (Å²) in [5, 5.41) is 13.8. The zero-order valence-corrected chi connectivity index (χ0v) is 21.0. The van der Waals surface area contributed by atoms with Gasteiger partial charge in [-0.3, -0.25) is 9.69 Å². The van der Waals surface area contributed by atoms with E-state index in [-0.39, 0.29) is 17.1 Å². The number of aromatic nitrogens is 5. The Kier molecular flexibility index (Phi) is 6.66. The van der Waals surface area contributed by atoms with Gasteiger partial charge < -0.3 is 4.98 Å². The molecule has 0 aliphatic carbocycles. The van der Waals surface area contributed by atoms with Crippen LogP contribution in [0.2, 0.25) is 0 Å². The molecule has 2 aromatic carbocycles. The predicted octanol–water partition coefficient (Wildman–Crippen LogP) is 5.04. The molecule has 34 heavy (non-hydrogen) atoms. The summed E-state index contributed by atoms with van der Waals surface area (Å²) in [6.07, 6.45) is 0.812. The third kappa shape index (κ3) is 4.94. The van der Waals surface area contributed by atoms with Crippen LogP contribution in [0.25, 0.3) is 10.9 Å². The van der Waals surface area contributed by atoms with Gasteiger partial charge in [0, 0.05) is 29.6 Å². The molecule has 0 fully saturated rings. The summed E-state index contributed by atoms with van der Waals surface area (Å²) in [6, 6.07) is 16.5. The molecule has 0 bridgehead atoms. The third-order valence-electron chi connectivity index (χ3n) is 6.25. The van der Waals surface area contributed by atoms with Gasteiger partial charge in [0.15, 0.2) is 5.82 Å². The van der Waals surface area contributed by atoms with Gasteiger partial charge in [0.25, 0.3) is 5.56 Å². The first-order chi connectivity index (χ1) is 16.2. The van der Waals surface area contributed by atoms with Gasteiger partial charge in [-0.25, -0.2) is 4.68 Å². The average molecular weight is 459 g/mol. The normalized spacial score (nSPS) is 13.0. The number of benzene rings is 2. The van der Waals surface area contributed by atoms with Gasteiger partial charge in [0.05, 0.1) is 11.6 Å². The number of nitrogens with zero attached hydrogens (tertiary/aromatic N) is 5. The molecule has 0 spiro atoms. The van der Waals surface area contributed by atoms with Gasteiger partial charge in [-0.15, -0.1) is 5.10 Å². The fraction of sp³-hybridized carbons (Fsp3) is 0.407. The van der Waals surface area contributed by atoms with Crippen molar-refractivity contribution in [2.75, 3.05) is 0 Å². The van der Waals surface area contributed by atoms with Crippen molar-refractivity contribution in [1.82, 2.24) is 30.1 Å². The number of aryl methyl sites for hydroxylation is 2. The first kappa shape index (κ1) is 23.8. The minimum Gasteiger partial charge on any atom is -0.322 e. The summed E-state index contributed by atoms with van der Waals surface area (Å²) in [7, 11) is 0. The number of rotatable bonds is 7. The molecule has 0 saturated heterocycles. The van der Waals surface area contributed by atoms with Gasteiger partial charge in [-0.05, 0) is 80.3 Å². The molecular formula is C27H34N6O. The number of pyridine rings is 1. The maximum Gasteiger partial charge on any atom is 0.252 e. The Morgan fingerprint density at radius 3 is 2.47 bits per heavy atom. The molecule has 4 aromatic rings. The number of hydrogen-bond donors (Lipinski definition) is 1. The number of tetrazole rings is 1. The highest BCUT2D eigenvalue weighted by molar-refractivity contribution is 5.83. The second-order valence-corrected chi connectivity index (χ2v) is 10.1. The Labute approximate surface area is 200 Å². The Morgan fingerprint density at radius 2 is 1.79 bits per heavy atom. The summed E-state index contributed by atoms with van der Waals surface area (Å²) in [4.78, 5) is 18.6. The summed E-state index contributed by atoms with van der Waals surface area (Å²) in [5.74, 6) is 0.815. The van der Waals surface area contributed by atoms with E-state index in [0.717, 1.165) is 39.8 Å². The van der Waals surface area contributed by atoms with Crippen LogP contribution in [0.4, 0.5) is 0 Å². The van der Waals surface area contributed by atoms with Gasteiger partial charge in [-0.2, -0.15) is 0 Å². The van der Waals surface area contributed by atoms with E-state index in [2.05, 4.69) is 78.2 Å². The second-order valence-electron chi connectivity index (χ2n) is 10.1. The van der Waals surface area contributed by atoms with Gasteiger partial charge in [-0.1, -0.05) is 43.3 Å². The van der Waals surface area contributed by atoms with E-state index in [1.54, 1.807) is 0 Å². The quantitative estimate of drug-likeness (QED) is 0.420. The molecule has 2 aromatic heterocycles. The first-order valence-corrected chi connectivity index (χ1v) is 11.9. The van der Waals surface area contributed by atoms with Gasteiger partial charge in [0.1, 0.15) is 0 Å². The van der Waals surface area contributed by atoms with Crippen LogP contribution in [0.1, 0.15) is 68.2 Å². The summed E-state index contributed by atoms with van der Waals surface area (Å²) in [5.41, 5.74) is 4.79. The van der Waals surface area contributed by atoms with Crippen LogP contribution >= 0.6 is 0 Å². The molecule has 1 unspecified atom stereocenters. The minimum atomic E-state index is -0.250. The van der Waals surface area contributed by atoms with E-state index >= 15 is 0 Å². The minimum absolute atomic E-state index is 0.0522. The molecule has 0 aliphatic heterocycles. The Hall–Kier alpha value is -3.32. The number of hydrogen-bond acceptors (Lipinski definition) is 5. The molecule has 4 rings (SSSR count). The van der Waals surface area contributed by atoms with Crippen LogP contribution in [0, 0.1) is 13.8 Å². The Morgan fingerprint density at radius 1 is 1.06 bits per heavy atom. The van der Waals surface area contributed by atoms with Crippen molar-refractivity contribution in [1.29, 1.82) is 0 Å². The summed E-state index contributed by atoms with van der Waals surface area (Å²) < 4.78 is 1.90. The van der Waals surface area contributed by atoms with E-state index in [1.165, 1.54) is 5.56 Å². The second kappa shape index (κ2) is 9.50. The van der Waals surface area contributed by atoms with E-state index < -0.39 is 0 Å². The molecule has 0 aliphatic rings. The number of nitrogens with one attached hydrogen (secondary N) is 1. The predicted molar refractivity (Wildman–Crippen MR) is 136 cm³/mol. The molecule has 0 amide bonds. The Bertz CT molecular complexity index is 1330. The maximum atomic E-state index is 13.1. The molecule has 7 heteroatoms. The van der Waals surface area contributed by atoms with Crippen molar-refractivity contribution in [2.24, 2.45) is 0 Å². The molecule has 178 valence electrons. The van der Waals surface area contributed by atoms with Crippen molar-refractivity contribution >= 4 is 10.9 Å². The molecule has 2 heterocycles. The fourth-order valence-corrected chi connectivity index (χ4v) is 4.63. The summed E-state index contributed by atoms with van der Waals surface area (Å²) >= 11 is 0. The molecule has 7 nitrogen and oxygen atoms in total. The largest absolute Gasteiger partial charge is 0.322 e.